The number of para-hydroxylation sites is 1. The largest absolute Gasteiger partial charge is 0.457 e. The summed E-state index contributed by atoms with van der Waals surface area (Å²) in [6, 6.07) is 20.4. The number of hydrogen-bond donors (Lipinski definition) is 1. The fourth-order valence-electron chi connectivity index (χ4n) is 3.23. The highest BCUT2D eigenvalue weighted by atomic mass is 32.1. The van der Waals surface area contributed by atoms with E-state index in [4.69, 9.17) is 9.72 Å². The molecule has 0 fully saturated rings. The van der Waals surface area contributed by atoms with Gasteiger partial charge in [0.15, 0.2) is 0 Å². The zero-order chi connectivity index (χ0) is 20.1. The zero-order valence-electron chi connectivity index (χ0n) is 16.8. The lowest BCUT2D eigenvalue weighted by atomic mass is 10.1. The SMILES string of the molecule is CCc1nc(NCCCc2ccc(Oc3ccccc3)cc2)c2cc(C)sc2n1. The summed E-state index contributed by atoms with van der Waals surface area (Å²) in [4.78, 5) is 11.7. The summed E-state index contributed by atoms with van der Waals surface area (Å²) in [5.41, 5.74) is 1.31. The topological polar surface area (TPSA) is 47.0 Å². The molecule has 29 heavy (non-hydrogen) atoms. The van der Waals surface area contributed by atoms with Crippen molar-refractivity contribution >= 4 is 27.4 Å². The van der Waals surface area contributed by atoms with Gasteiger partial charge in [0, 0.05) is 17.8 Å². The summed E-state index contributed by atoms with van der Waals surface area (Å²) in [6.07, 6.45) is 2.89. The summed E-state index contributed by atoms with van der Waals surface area (Å²) in [5, 5.41) is 4.65. The quantitative estimate of drug-likeness (QED) is 0.346. The highest BCUT2D eigenvalue weighted by Gasteiger charge is 2.09. The van der Waals surface area contributed by atoms with Gasteiger partial charge in [-0.1, -0.05) is 37.3 Å². The number of aryl methyl sites for hydroxylation is 3. The molecule has 0 aliphatic carbocycles. The fraction of sp³-hybridized carbons (Fsp3) is 0.250. The molecule has 0 spiro atoms. The van der Waals surface area contributed by atoms with Gasteiger partial charge in [-0.15, -0.1) is 11.3 Å². The van der Waals surface area contributed by atoms with Crippen LogP contribution in [0.1, 0.15) is 29.6 Å². The maximum atomic E-state index is 5.86. The van der Waals surface area contributed by atoms with Crippen molar-refractivity contribution in [3.05, 3.63) is 76.9 Å². The van der Waals surface area contributed by atoms with E-state index in [0.29, 0.717) is 0 Å². The van der Waals surface area contributed by atoms with Crippen molar-refractivity contribution in [3.8, 4) is 11.5 Å². The minimum Gasteiger partial charge on any atom is -0.457 e. The van der Waals surface area contributed by atoms with Crippen molar-refractivity contribution in [2.24, 2.45) is 0 Å². The minimum absolute atomic E-state index is 0.846. The van der Waals surface area contributed by atoms with Crippen molar-refractivity contribution in [3.63, 3.8) is 0 Å². The Labute approximate surface area is 175 Å². The first kappa shape index (κ1) is 19.4. The fourth-order valence-corrected chi connectivity index (χ4v) is 4.13. The lowest BCUT2D eigenvalue weighted by Crippen LogP contribution is -2.07. The van der Waals surface area contributed by atoms with Crippen LogP contribution < -0.4 is 10.1 Å². The van der Waals surface area contributed by atoms with E-state index < -0.39 is 0 Å². The minimum atomic E-state index is 0.846. The predicted octanol–water partition coefficient (Wildman–Crippen LogP) is 6.40. The highest BCUT2D eigenvalue weighted by molar-refractivity contribution is 7.18. The lowest BCUT2D eigenvalue weighted by molar-refractivity contribution is 0.482. The van der Waals surface area contributed by atoms with Gasteiger partial charge in [-0.2, -0.15) is 0 Å². The number of rotatable bonds is 8. The molecule has 0 saturated carbocycles. The van der Waals surface area contributed by atoms with E-state index in [-0.39, 0.29) is 0 Å². The number of fused-ring (bicyclic) bond motifs is 1. The van der Waals surface area contributed by atoms with E-state index in [9.17, 15) is 0 Å². The molecule has 2 heterocycles. The normalized spacial score (nSPS) is 11.0. The van der Waals surface area contributed by atoms with Gasteiger partial charge in [0.05, 0.1) is 5.39 Å². The summed E-state index contributed by atoms with van der Waals surface area (Å²) in [7, 11) is 0. The second-order valence-electron chi connectivity index (χ2n) is 7.01. The average Bonchev–Trinajstić information content (AvgIpc) is 3.13. The molecule has 148 valence electrons. The third kappa shape index (κ3) is 4.93. The Balaban J connectivity index is 1.32. The molecule has 0 saturated heterocycles. The summed E-state index contributed by atoms with van der Waals surface area (Å²) in [5.74, 6) is 3.58. The molecule has 0 radical (unpaired) electrons. The van der Waals surface area contributed by atoms with Crippen molar-refractivity contribution in [1.29, 1.82) is 0 Å². The van der Waals surface area contributed by atoms with Crippen molar-refractivity contribution in [2.45, 2.75) is 33.1 Å². The summed E-state index contributed by atoms with van der Waals surface area (Å²) in [6.45, 7) is 5.09. The molecule has 2 aromatic heterocycles. The van der Waals surface area contributed by atoms with Crippen LogP contribution in [0.5, 0.6) is 11.5 Å². The molecule has 0 aliphatic rings. The maximum Gasteiger partial charge on any atom is 0.138 e. The maximum absolute atomic E-state index is 5.86. The van der Waals surface area contributed by atoms with Gasteiger partial charge in [0.25, 0.3) is 0 Å². The smallest absolute Gasteiger partial charge is 0.138 e. The number of anilines is 1. The van der Waals surface area contributed by atoms with E-state index in [1.807, 2.05) is 42.5 Å². The number of nitrogens with zero attached hydrogens (tertiary/aromatic N) is 2. The second-order valence-corrected chi connectivity index (χ2v) is 8.24. The van der Waals surface area contributed by atoms with Crippen LogP contribution in [0.15, 0.2) is 60.7 Å². The first-order chi connectivity index (χ1) is 14.2. The molecule has 4 rings (SSSR count). The van der Waals surface area contributed by atoms with Gasteiger partial charge in [0.2, 0.25) is 0 Å². The van der Waals surface area contributed by atoms with Crippen LogP contribution >= 0.6 is 11.3 Å². The Morgan fingerprint density at radius 2 is 1.72 bits per heavy atom. The Morgan fingerprint density at radius 3 is 2.48 bits per heavy atom. The molecule has 0 aliphatic heterocycles. The number of thiophene rings is 1. The summed E-state index contributed by atoms with van der Waals surface area (Å²) >= 11 is 1.73. The molecule has 1 N–H and O–H groups in total. The van der Waals surface area contributed by atoms with Crippen LogP contribution in [0.3, 0.4) is 0 Å². The van der Waals surface area contributed by atoms with Gasteiger partial charge in [-0.05, 0) is 55.7 Å². The molecule has 4 nitrogen and oxygen atoms in total. The number of nitrogens with one attached hydrogen (secondary N) is 1. The van der Waals surface area contributed by atoms with E-state index in [2.05, 4.69) is 42.3 Å². The summed E-state index contributed by atoms with van der Waals surface area (Å²) < 4.78 is 5.86. The number of ether oxygens (including phenoxy) is 1. The average molecular weight is 404 g/mol. The predicted molar refractivity (Wildman–Crippen MR) is 121 cm³/mol. The van der Waals surface area contributed by atoms with Gasteiger partial charge >= 0.3 is 0 Å². The highest BCUT2D eigenvalue weighted by Crippen LogP contribution is 2.28. The Hall–Kier alpha value is -2.92. The molecular formula is C24H25N3OS. The van der Waals surface area contributed by atoms with E-state index in [1.165, 1.54) is 10.4 Å². The number of aromatic nitrogens is 2. The van der Waals surface area contributed by atoms with Crippen molar-refractivity contribution in [1.82, 2.24) is 9.97 Å². The third-order valence-corrected chi connectivity index (χ3v) is 5.66. The van der Waals surface area contributed by atoms with Gasteiger partial charge in [-0.3, -0.25) is 0 Å². The van der Waals surface area contributed by atoms with Gasteiger partial charge < -0.3 is 10.1 Å². The number of benzene rings is 2. The Morgan fingerprint density at radius 1 is 0.966 bits per heavy atom. The molecular weight excluding hydrogens is 378 g/mol. The molecule has 2 aromatic carbocycles. The second kappa shape index (κ2) is 9.05. The van der Waals surface area contributed by atoms with E-state index in [1.54, 1.807) is 11.3 Å². The van der Waals surface area contributed by atoms with Crippen LogP contribution in [0.25, 0.3) is 10.2 Å². The van der Waals surface area contributed by atoms with Crippen LogP contribution in [0, 0.1) is 6.92 Å². The lowest BCUT2D eigenvalue weighted by Gasteiger charge is -2.09. The van der Waals surface area contributed by atoms with Crippen LogP contribution in [0.2, 0.25) is 0 Å². The van der Waals surface area contributed by atoms with Crippen molar-refractivity contribution < 1.29 is 4.74 Å². The van der Waals surface area contributed by atoms with Crippen LogP contribution in [-0.2, 0) is 12.8 Å². The van der Waals surface area contributed by atoms with E-state index in [0.717, 1.165) is 59.2 Å². The standard InChI is InChI=1S/C24H25N3OS/c1-3-22-26-23(21-16-17(2)29-24(21)27-22)25-15-7-8-18-11-13-20(14-12-18)28-19-9-5-4-6-10-19/h4-6,9-14,16H,3,7-8,15H2,1-2H3,(H,25,26,27). The first-order valence-corrected chi connectivity index (χ1v) is 10.9. The van der Waals surface area contributed by atoms with Gasteiger partial charge in [-0.25, -0.2) is 9.97 Å². The molecule has 5 heteroatoms. The van der Waals surface area contributed by atoms with Crippen molar-refractivity contribution in [2.75, 3.05) is 11.9 Å². The molecule has 0 amide bonds. The Bertz CT molecular complexity index is 1070. The van der Waals surface area contributed by atoms with Crippen LogP contribution in [-0.4, -0.2) is 16.5 Å². The molecule has 0 atom stereocenters. The van der Waals surface area contributed by atoms with Crippen LogP contribution in [0.4, 0.5) is 5.82 Å². The Kier molecular flexibility index (Phi) is 6.06. The molecule has 4 aromatic rings. The van der Waals surface area contributed by atoms with E-state index >= 15 is 0 Å². The molecule has 0 unspecified atom stereocenters. The number of hydrogen-bond acceptors (Lipinski definition) is 5. The third-order valence-electron chi connectivity index (χ3n) is 4.72. The zero-order valence-corrected chi connectivity index (χ0v) is 17.6. The van der Waals surface area contributed by atoms with Gasteiger partial charge in [0.1, 0.15) is 28.0 Å². The monoisotopic (exact) mass is 403 g/mol. The first-order valence-electron chi connectivity index (χ1n) is 10.0. The molecule has 0 bridgehead atoms.